The molecule has 0 saturated heterocycles. The van der Waals surface area contributed by atoms with Gasteiger partial charge in [-0.3, -0.25) is 10.2 Å². The minimum absolute atomic E-state index is 0.0844. The maximum absolute atomic E-state index is 11.4. The Hall–Kier alpha value is -1.64. The van der Waals surface area contributed by atoms with Crippen LogP contribution >= 0.6 is 0 Å². The number of hydrogen-bond acceptors (Lipinski definition) is 3. The Balaban J connectivity index is 2.92. The molecule has 0 spiro atoms. The van der Waals surface area contributed by atoms with Crippen molar-refractivity contribution in [3.8, 4) is 0 Å². The molecule has 1 N–H and O–H groups in total. The first-order valence-corrected chi connectivity index (χ1v) is 5.04. The molecule has 0 bridgehead atoms. The Morgan fingerprint density at radius 3 is 2.60 bits per heavy atom. The molecule has 0 aliphatic carbocycles. The Bertz CT molecular complexity index is 372. The van der Waals surface area contributed by atoms with E-state index in [1.165, 1.54) is 0 Å². The third kappa shape index (κ3) is 2.91. The fourth-order valence-electron chi connectivity index (χ4n) is 1.27. The fourth-order valence-corrected chi connectivity index (χ4v) is 1.27. The average molecular weight is 205 g/mol. The molecule has 0 heterocycles. The molecule has 0 unspecified atom stereocenters. The van der Waals surface area contributed by atoms with Gasteiger partial charge in [-0.15, -0.1) is 0 Å². The van der Waals surface area contributed by atoms with Crippen molar-refractivity contribution in [2.24, 2.45) is 0 Å². The molecule has 0 fully saturated rings. The van der Waals surface area contributed by atoms with Gasteiger partial charge in [0.2, 0.25) is 5.90 Å². The molecule has 15 heavy (non-hydrogen) atoms. The minimum atomic E-state index is 0.0844. The molecule has 0 radical (unpaired) electrons. The lowest BCUT2D eigenvalue weighted by Crippen LogP contribution is -2.06. The predicted octanol–water partition coefficient (Wildman–Crippen LogP) is 2.64. The first-order chi connectivity index (χ1) is 7.19. The van der Waals surface area contributed by atoms with Gasteiger partial charge in [-0.25, -0.2) is 0 Å². The van der Waals surface area contributed by atoms with Crippen LogP contribution in [-0.4, -0.2) is 18.3 Å². The maximum Gasteiger partial charge on any atom is 0.213 e. The second-order valence-corrected chi connectivity index (χ2v) is 3.12. The number of ketones is 1. The third-order valence-electron chi connectivity index (χ3n) is 2.06. The summed E-state index contributed by atoms with van der Waals surface area (Å²) in [5.41, 5.74) is 1.29. The minimum Gasteiger partial charge on any atom is -0.478 e. The van der Waals surface area contributed by atoms with Gasteiger partial charge in [0.25, 0.3) is 0 Å². The highest BCUT2D eigenvalue weighted by molar-refractivity contribution is 5.99. The Kier molecular flexibility index (Phi) is 4.03. The number of benzene rings is 1. The molecule has 80 valence electrons. The molecule has 0 atom stereocenters. The summed E-state index contributed by atoms with van der Waals surface area (Å²) in [6.07, 6.45) is 0.478. The highest BCUT2D eigenvalue weighted by atomic mass is 16.5. The van der Waals surface area contributed by atoms with Gasteiger partial charge < -0.3 is 4.74 Å². The van der Waals surface area contributed by atoms with Crippen LogP contribution in [0.2, 0.25) is 0 Å². The molecule has 1 rings (SSSR count). The van der Waals surface area contributed by atoms with Crippen LogP contribution in [0, 0.1) is 5.41 Å². The van der Waals surface area contributed by atoms with Crippen LogP contribution in [0.5, 0.6) is 0 Å². The topological polar surface area (TPSA) is 50.1 Å². The number of hydrogen-bond donors (Lipinski definition) is 1. The quantitative estimate of drug-likeness (QED) is 0.466. The zero-order valence-corrected chi connectivity index (χ0v) is 9.04. The van der Waals surface area contributed by atoms with Crippen LogP contribution in [0.3, 0.4) is 0 Å². The Morgan fingerprint density at radius 2 is 2.00 bits per heavy atom. The molecule has 0 aliphatic heterocycles. The monoisotopic (exact) mass is 205 g/mol. The molecule has 1 aromatic carbocycles. The summed E-state index contributed by atoms with van der Waals surface area (Å²) in [6.45, 7) is 4.11. The average Bonchev–Trinajstić information content (AvgIpc) is 2.28. The van der Waals surface area contributed by atoms with E-state index < -0.39 is 0 Å². The molecule has 3 heteroatoms. The van der Waals surface area contributed by atoms with Crippen LogP contribution in [0.25, 0.3) is 0 Å². The van der Waals surface area contributed by atoms with E-state index in [0.717, 1.165) is 0 Å². The summed E-state index contributed by atoms with van der Waals surface area (Å²) in [5.74, 6) is 0.199. The van der Waals surface area contributed by atoms with E-state index in [9.17, 15) is 4.79 Å². The second kappa shape index (κ2) is 5.29. The fraction of sp³-hybridized carbons (Fsp3) is 0.333. The van der Waals surface area contributed by atoms with Crippen molar-refractivity contribution in [3.05, 3.63) is 35.4 Å². The molecular formula is C12H15NO2. The van der Waals surface area contributed by atoms with Gasteiger partial charge in [-0.05, 0) is 19.1 Å². The van der Waals surface area contributed by atoms with Gasteiger partial charge in [0.05, 0.1) is 6.61 Å². The summed E-state index contributed by atoms with van der Waals surface area (Å²) in [6, 6.07) is 6.99. The summed E-state index contributed by atoms with van der Waals surface area (Å²) in [4.78, 5) is 11.4. The molecule has 0 amide bonds. The number of ether oxygens (including phenoxy) is 1. The first-order valence-electron chi connectivity index (χ1n) is 5.04. The molecule has 0 saturated carbocycles. The van der Waals surface area contributed by atoms with Gasteiger partial charge in [-0.2, -0.15) is 0 Å². The molecule has 3 nitrogen and oxygen atoms in total. The molecule has 0 aromatic heterocycles. The largest absolute Gasteiger partial charge is 0.478 e. The number of rotatable bonds is 4. The summed E-state index contributed by atoms with van der Waals surface area (Å²) >= 11 is 0. The van der Waals surface area contributed by atoms with E-state index in [0.29, 0.717) is 24.2 Å². The number of carbonyl (C=O) groups is 1. The summed E-state index contributed by atoms with van der Waals surface area (Å²) in [5, 5.41) is 7.59. The van der Waals surface area contributed by atoms with Crippen LogP contribution in [-0.2, 0) is 4.74 Å². The van der Waals surface area contributed by atoms with Crippen molar-refractivity contribution < 1.29 is 9.53 Å². The van der Waals surface area contributed by atoms with E-state index in [4.69, 9.17) is 10.1 Å². The SMILES string of the molecule is CCOC(=N)c1cccc(C(=O)CC)c1. The van der Waals surface area contributed by atoms with Crippen molar-refractivity contribution in [1.82, 2.24) is 0 Å². The second-order valence-electron chi connectivity index (χ2n) is 3.12. The van der Waals surface area contributed by atoms with Crippen LogP contribution in [0.1, 0.15) is 36.2 Å². The lowest BCUT2D eigenvalue weighted by Gasteiger charge is -2.06. The van der Waals surface area contributed by atoms with Crippen LogP contribution in [0.4, 0.5) is 0 Å². The van der Waals surface area contributed by atoms with Crippen molar-refractivity contribution in [2.45, 2.75) is 20.3 Å². The summed E-state index contributed by atoms with van der Waals surface area (Å²) in [7, 11) is 0. The third-order valence-corrected chi connectivity index (χ3v) is 2.06. The van der Waals surface area contributed by atoms with E-state index in [2.05, 4.69) is 0 Å². The number of carbonyl (C=O) groups excluding carboxylic acids is 1. The number of nitrogens with one attached hydrogen (secondary N) is 1. The van der Waals surface area contributed by atoms with Gasteiger partial charge >= 0.3 is 0 Å². The molecule has 0 aliphatic rings. The van der Waals surface area contributed by atoms with Crippen LogP contribution < -0.4 is 0 Å². The Labute approximate surface area is 89.6 Å². The predicted molar refractivity (Wildman–Crippen MR) is 59.5 cm³/mol. The van der Waals surface area contributed by atoms with Crippen molar-refractivity contribution in [3.63, 3.8) is 0 Å². The highest BCUT2D eigenvalue weighted by Gasteiger charge is 2.06. The van der Waals surface area contributed by atoms with Crippen molar-refractivity contribution in [2.75, 3.05) is 6.61 Å². The first kappa shape index (κ1) is 11.4. The smallest absolute Gasteiger partial charge is 0.213 e. The lowest BCUT2D eigenvalue weighted by molar-refractivity contribution is 0.0988. The van der Waals surface area contributed by atoms with E-state index in [-0.39, 0.29) is 11.7 Å². The zero-order valence-electron chi connectivity index (χ0n) is 9.04. The standard InChI is InChI=1S/C12H15NO2/c1-3-11(14)9-6-5-7-10(8-9)12(13)15-4-2/h5-8,13H,3-4H2,1-2H3. The molecule has 1 aromatic rings. The number of Topliss-reactive ketones (excluding diaryl/α,β-unsaturated/α-hetero) is 1. The maximum atomic E-state index is 11.4. The van der Waals surface area contributed by atoms with E-state index in [1.54, 1.807) is 24.3 Å². The van der Waals surface area contributed by atoms with E-state index in [1.807, 2.05) is 13.8 Å². The van der Waals surface area contributed by atoms with E-state index >= 15 is 0 Å². The van der Waals surface area contributed by atoms with Crippen LogP contribution in [0.15, 0.2) is 24.3 Å². The lowest BCUT2D eigenvalue weighted by atomic mass is 10.1. The highest BCUT2D eigenvalue weighted by Crippen LogP contribution is 2.08. The Morgan fingerprint density at radius 1 is 1.33 bits per heavy atom. The van der Waals surface area contributed by atoms with Crippen molar-refractivity contribution in [1.29, 1.82) is 5.41 Å². The van der Waals surface area contributed by atoms with Gasteiger partial charge in [0.1, 0.15) is 0 Å². The van der Waals surface area contributed by atoms with Crippen molar-refractivity contribution >= 4 is 11.7 Å². The van der Waals surface area contributed by atoms with Gasteiger partial charge in [0.15, 0.2) is 5.78 Å². The molecular weight excluding hydrogens is 190 g/mol. The van der Waals surface area contributed by atoms with Gasteiger partial charge in [0, 0.05) is 17.5 Å². The van der Waals surface area contributed by atoms with Gasteiger partial charge in [-0.1, -0.05) is 19.1 Å². The zero-order chi connectivity index (χ0) is 11.3. The summed E-state index contributed by atoms with van der Waals surface area (Å²) < 4.78 is 5.07. The normalized spacial score (nSPS) is 9.73.